The van der Waals surface area contributed by atoms with Crippen LogP contribution in [-0.2, 0) is 5.75 Å². The van der Waals surface area contributed by atoms with Gasteiger partial charge in [-0.25, -0.2) is 18.4 Å². The number of nitrogens with two attached hydrogens (primary N) is 1. The van der Waals surface area contributed by atoms with Crippen molar-refractivity contribution in [1.29, 1.82) is 0 Å². The van der Waals surface area contributed by atoms with Crippen molar-refractivity contribution < 1.29 is 8.78 Å². The van der Waals surface area contributed by atoms with E-state index in [4.69, 9.17) is 5.84 Å². The van der Waals surface area contributed by atoms with Crippen molar-refractivity contribution in [2.45, 2.75) is 10.9 Å². The molecule has 0 radical (unpaired) electrons. The summed E-state index contributed by atoms with van der Waals surface area (Å²) in [7, 11) is 0. The highest BCUT2D eigenvalue weighted by Gasteiger charge is 2.10. The van der Waals surface area contributed by atoms with Gasteiger partial charge in [0.15, 0.2) is 5.16 Å². The monoisotopic (exact) mass is 319 g/mol. The summed E-state index contributed by atoms with van der Waals surface area (Å²) in [6.07, 6.45) is 0. The third-order valence-electron chi connectivity index (χ3n) is 3.09. The molecule has 7 heteroatoms. The van der Waals surface area contributed by atoms with E-state index >= 15 is 0 Å². The van der Waals surface area contributed by atoms with E-state index in [1.54, 1.807) is 12.1 Å². The lowest BCUT2D eigenvalue weighted by Crippen LogP contribution is -2.29. The molecule has 112 valence electrons. The van der Waals surface area contributed by atoms with E-state index in [0.29, 0.717) is 5.75 Å². The standard InChI is InChI=1S/C15H11F2N3OS/c16-10-3-1-2-9(6-10)8-22-15-19-13-7-11(17)4-5-12(13)14(21)20(15)18/h1-7H,8,18H2. The molecule has 0 fully saturated rings. The van der Waals surface area contributed by atoms with Crippen LogP contribution < -0.4 is 11.4 Å². The van der Waals surface area contributed by atoms with Crippen molar-refractivity contribution >= 4 is 22.7 Å². The van der Waals surface area contributed by atoms with Crippen LogP contribution in [0.5, 0.6) is 0 Å². The summed E-state index contributed by atoms with van der Waals surface area (Å²) in [5.41, 5.74) is 0.527. The van der Waals surface area contributed by atoms with E-state index in [1.807, 2.05) is 0 Å². The van der Waals surface area contributed by atoms with E-state index in [0.717, 1.165) is 10.2 Å². The van der Waals surface area contributed by atoms with E-state index in [2.05, 4.69) is 4.98 Å². The first-order valence-corrected chi connectivity index (χ1v) is 7.38. The molecule has 0 atom stereocenters. The quantitative estimate of drug-likeness (QED) is 0.458. The maximum absolute atomic E-state index is 13.3. The Morgan fingerprint density at radius 3 is 2.68 bits per heavy atom. The minimum absolute atomic E-state index is 0.243. The second-order valence-electron chi connectivity index (χ2n) is 4.65. The first-order chi connectivity index (χ1) is 10.5. The van der Waals surface area contributed by atoms with Crippen LogP contribution in [0.2, 0.25) is 0 Å². The number of nitrogen functional groups attached to an aromatic ring is 1. The predicted octanol–water partition coefficient (Wildman–Crippen LogP) is 2.68. The Bertz CT molecular complexity index is 911. The molecule has 3 aromatic rings. The van der Waals surface area contributed by atoms with Gasteiger partial charge in [0.2, 0.25) is 0 Å². The number of hydrogen-bond donors (Lipinski definition) is 1. The van der Waals surface area contributed by atoms with Crippen LogP contribution in [0.3, 0.4) is 0 Å². The molecule has 0 bridgehead atoms. The van der Waals surface area contributed by atoms with Gasteiger partial charge in [0.25, 0.3) is 5.56 Å². The molecule has 0 aliphatic carbocycles. The van der Waals surface area contributed by atoms with Gasteiger partial charge in [-0.1, -0.05) is 23.9 Å². The Balaban J connectivity index is 1.96. The molecule has 2 aromatic carbocycles. The van der Waals surface area contributed by atoms with Gasteiger partial charge < -0.3 is 5.84 Å². The summed E-state index contributed by atoms with van der Waals surface area (Å²) in [5.74, 6) is 5.31. The molecule has 0 unspecified atom stereocenters. The molecule has 22 heavy (non-hydrogen) atoms. The Morgan fingerprint density at radius 2 is 1.91 bits per heavy atom. The number of hydrogen-bond acceptors (Lipinski definition) is 4. The fraction of sp³-hybridized carbons (Fsp3) is 0.0667. The topological polar surface area (TPSA) is 60.9 Å². The molecule has 4 nitrogen and oxygen atoms in total. The Kier molecular flexibility index (Phi) is 3.81. The molecule has 2 N–H and O–H groups in total. The third kappa shape index (κ3) is 2.80. The largest absolute Gasteiger partial charge is 0.334 e. The molecule has 3 rings (SSSR count). The van der Waals surface area contributed by atoms with Crippen LogP contribution >= 0.6 is 11.8 Å². The normalized spacial score (nSPS) is 11.0. The zero-order valence-electron chi connectivity index (χ0n) is 11.3. The van der Waals surface area contributed by atoms with E-state index in [1.165, 1.54) is 42.1 Å². The van der Waals surface area contributed by atoms with Crippen molar-refractivity contribution in [3.8, 4) is 0 Å². The van der Waals surface area contributed by atoms with Crippen molar-refractivity contribution in [3.63, 3.8) is 0 Å². The van der Waals surface area contributed by atoms with Crippen molar-refractivity contribution in [3.05, 3.63) is 70.0 Å². The molecule has 0 aliphatic rings. The zero-order chi connectivity index (χ0) is 15.7. The van der Waals surface area contributed by atoms with Crippen molar-refractivity contribution in [2.24, 2.45) is 0 Å². The molecule has 0 amide bonds. The molecule has 0 saturated heterocycles. The molecular weight excluding hydrogens is 308 g/mol. The minimum atomic E-state index is -0.477. The SMILES string of the molecule is Nn1c(SCc2cccc(F)c2)nc2cc(F)ccc2c1=O. The lowest BCUT2D eigenvalue weighted by molar-refractivity contribution is 0.626. The summed E-state index contributed by atoms with van der Waals surface area (Å²) < 4.78 is 27.3. The summed E-state index contributed by atoms with van der Waals surface area (Å²) in [4.78, 5) is 16.3. The number of thioether (sulfide) groups is 1. The number of halogens is 2. The highest BCUT2D eigenvalue weighted by Crippen LogP contribution is 2.21. The van der Waals surface area contributed by atoms with Crippen LogP contribution in [0.1, 0.15) is 5.56 Å². The van der Waals surface area contributed by atoms with E-state index in [-0.39, 0.29) is 21.9 Å². The van der Waals surface area contributed by atoms with Gasteiger partial charge in [0.1, 0.15) is 11.6 Å². The smallest absolute Gasteiger partial charge is 0.280 e. The fourth-order valence-corrected chi connectivity index (χ4v) is 2.89. The number of benzene rings is 2. The summed E-state index contributed by atoms with van der Waals surface area (Å²) in [6.45, 7) is 0. The fourth-order valence-electron chi connectivity index (χ4n) is 2.03. The summed E-state index contributed by atoms with van der Waals surface area (Å²) in [6, 6.07) is 9.83. The molecule has 0 saturated carbocycles. The maximum Gasteiger partial charge on any atom is 0.280 e. The van der Waals surface area contributed by atoms with E-state index < -0.39 is 11.4 Å². The lowest BCUT2D eigenvalue weighted by atomic mass is 10.2. The third-order valence-corrected chi connectivity index (χ3v) is 4.11. The average Bonchev–Trinajstić information content (AvgIpc) is 2.49. The molecule has 0 spiro atoms. The van der Waals surface area contributed by atoms with Crippen molar-refractivity contribution in [1.82, 2.24) is 9.66 Å². The maximum atomic E-state index is 13.3. The minimum Gasteiger partial charge on any atom is -0.334 e. The van der Waals surface area contributed by atoms with Gasteiger partial charge >= 0.3 is 0 Å². The molecule has 1 heterocycles. The van der Waals surface area contributed by atoms with Crippen LogP contribution in [0.25, 0.3) is 10.9 Å². The predicted molar refractivity (Wildman–Crippen MR) is 82.1 cm³/mol. The first kappa shape index (κ1) is 14.5. The van der Waals surface area contributed by atoms with Crippen LogP contribution in [0.15, 0.2) is 52.4 Å². The van der Waals surface area contributed by atoms with Crippen LogP contribution in [0, 0.1) is 11.6 Å². The zero-order valence-corrected chi connectivity index (χ0v) is 12.1. The average molecular weight is 319 g/mol. The summed E-state index contributed by atoms with van der Waals surface area (Å²) >= 11 is 1.18. The van der Waals surface area contributed by atoms with Crippen molar-refractivity contribution in [2.75, 3.05) is 5.84 Å². The number of rotatable bonds is 3. The second-order valence-corrected chi connectivity index (χ2v) is 5.59. The molecule has 1 aromatic heterocycles. The van der Waals surface area contributed by atoms with Gasteiger partial charge in [-0.3, -0.25) is 4.79 Å². The van der Waals surface area contributed by atoms with Gasteiger partial charge in [-0.15, -0.1) is 0 Å². The van der Waals surface area contributed by atoms with Crippen LogP contribution in [0.4, 0.5) is 8.78 Å². The van der Waals surface area contributed by atoms with Crippen LogP contribution in [-0.4, -0.2) is 9.66 Å². The first-order valence-electron chi connectivity index (χ1n) is 6.39. The Labute approximate surface area is 128 Å². The Hall–Kier alpha value is -2.41. The highest BCUT2D eigenvalue weighted by molar-refractivity contribution is 7.98. The second kappa shape index (κ2) is 5.76. The van der Waals surface area contributed by atoms with Gasteiger partial charge in [-0.05, 0) is 29.8 Å². The Morgan fingerprint density at radius 1 is 1.14 bits per heavy atom. The highest BCUT2D eigenvalue weighted by atomic mass is 32.2. The van der Waals surface area contributed by atoms with Gasteiger partial charge in [-0.2, -0.15) is 0 Å². The lowest BCUT2D eigenvalue weighted by Gasteiger charge is -2.08. The van der Waals surface area contributed by atoms with E-state index in [9.17, 15) is 13.6 Å². The van der Waals surface area contributed by atoms with Gasteiger partial charge in [0.05, 0.1) is 10.9 Å². The summed E-state index contributed by atoms with van der Waals surface area (Å²) in [5, 5.41) is 0.492. The number of nitrogens with zero attached hydrogens (tertiary/aromatic N) is 2. The van der Waals surface area contributed by atoms with Gasteiger partial charge in [0, 0.05) is 11.8 Å². The molecular formula is C15H11F2N3OS. The number of aromatic nitrogens is 2. The molecule has 0 aliphatic heterocycles. The number of fused-ring (bicyclic) bond motifs is 1.